The molecular weight excluding hydrogens is 290 g/mol. The highest BCUT2D eigenvalue weighted by Gasteiger charge is 2.48. The highest BCUT2D eigenvalue weighted by Crippen LogP contribution is 2.48. The van der Waals surface area contributed by atoms with Gasteiger partial charge in [0.2, 0.25) is 0 Å². The summed E-state index contributed by atoms with van der Waals surface area (Å²) in [5, 5.41) is 23.0. The number of amides is 1. The third-order valence-electron chi connectivity index (χ3n) is 5.06. The van der Waals surface area contributed by atoms with Crippen molar-refractivity contribution in [3.05, 3.63) is 34.9 Å². The molecule has 0 saturated heterocycles. The first kappa shape index (κ1) is 14.8. The standard InChI is InChI=1S/C16H20ClNO3/c17-13-4-2-1-3-11(13)15(20)16(21)18-14-10-6-5-9(7-10)12(14)8-19/h1-4,9-10,12,14-15,19-20H,5-8H2,(H,18,21)/t9-,10-,12-,14+,15+/m0/s1. The maximum Gasteiger partial charge on any atom is 0.253 e. The lowest BCUT2D eigenvalue weighted by molar-refractivity contribution is -0.131. The molecule has 2 aliphatic carbocycles. The summed E-state index contributed by atoms with van der Waals surface area (Å²) in [6.45, 7) is 0.0916. The molecule has 1 aromatic carbocycles. The summed E-state index contributed by atoms with van der Waals surface area (Å²) in [5.74, 6) is 0.613. The SMILES string of the molecule is O=C(N[C@@H]1[C@H]2CC[C@@H](C2)[C@@H]1CO)[C@H](O)c1ccccc1Cl. The maximum atomic E-state index is 12.3. The minimum atomic E-state index is -1.27. The smallest absolute Gasteiger partial charge is 0.253 e. The normalized spacial score (nSPS) is 32.1. The summed E-state index contributed by atoms with van der Waals surface area (Å²) >= 11 is 6.02. The van der Waals surface area contributed by atoms with Gasteiger partial charge >= 0.3 is 0 Å². The van der Waals surface area contributed by atoms with Crippen molar-refractivity contribution >= 4 is 17.5 Å². The summed E-state index contributed by atoms with van der Waals surface area (Å²) in [4.78, 5) is 12.3. The summed E-state index contributed by atoms with van der Waals surface area (Å²) in [6.07, 6.45) is 2.03. The first-order chi connectivity index (χ1) is 10.1. The molecule has 5 atom stereocenters. The number of benzene rings is 1. The van der Waals surface area contributed by atoms with Crippen LogP contribution >= 0.6 is 11.6 Å². The third-order valence-corrected chi connectivity index (χ3v) is 5.40. The number of carbonyl (C=O) groups is 1. The highest BCUT2D eigenvalue weighted by atomic mass is 35.5. The van der Waals surface area contributed by atoms with Crippen LogP contribution in [0.25, 0.3) is 0 Å². The maximum absolute atomic E-state index is 12.3. The number of aliphatic hydroxyl groups is 2. The second-order valence-corrected chi connectivity index (χ2v) is 6.55. The molecule has 0 unspecified atom stereocenters. The fourth-order valence-corrected chi connectivity index (χ4v) is 4.22. The van der Waals surface area contributed by atoms with Crippen molar-refractivity contribution in [3.63, 3.8) is 0 Å². The average molecular weight is 310 g/mol. The van der Waals surface area contributed by atoms with Gasteiger partial charge in [-0.05, 0) is 37.2 Å². The zero-order valence-corrected chi connectivity index (χ0v) is 12.5. The Morgan fingerprint density at radius 3 is 2.76 bits per heavy atom. The zero-order chi connectivity index (χ0) is 15.0. The van der Waals surface area contributed by atoms with E-state index in [4.69, 9.17) is 11.6 Å². The van der Waals surface area contributed by atoms with Crippen molar-refractivity contribution in [2.75, 3.05) is 6.61 Å². The molecule has 3 rings (SSSR count). The van der Waals surface area contributed by atoms with Crippen molar-refractivity contribution in [1.29, 1.82) is 0 Å². The van der Waals surface area contributed by atoms with Crippen molar-refractivity contribution in [2.24, 2.45) is 17.8 Å². The molecule has 114 valence electrons. The van der Waals surface area contributed by atoms with Gasteiger partial charge < -0.3 is 15.5 Å². The molecule has 0 heterocycles. The first-order valence-electron chi connectivity index (χ1n) is 7.45. The molecular formula is C16H20ClNO3. The van der Waals surface area contributed by atoms with E-state index in [0.29, 0.717) is 22.4 Å². The molecule has 0 aliphatic heterocycles. The number of nitrogens with one attached hydrogen (secondary N) is 1. The Labute approximate surface area is 129 Å². The molecule has 0 radical (unpaired) electrons. The molecule has 3 N–H and O–H groups in total. The van der Waals surface area contributed by atoms with Gasteiger partial charge in [0, 0.05) is 29.2 Å². The number of halogens is 1. The van der Waals surface area contributed by atoms with Gasteiger partial charge in [0.1, 0.15) is 0 Å². The second-order valence-electron chi connectivity index (χ2n) is 6.14. The zero-order valence-electron chi connectivity index (χ0n) is 11.7. The third kappa shape index (κ3) is 2.68. The topological polar surface area (TPSA) is 69.6 Å². The van der Waals surface area contributed by atoms with Crippen molar-refractivity contribution < 1.29 is 15.0 Å². The van der Waals surface area contributed by atoms with Gasteiger partial charge in [-0.2, -0.15) is 0 Å². The van der Waals surface area contributed by atoms with Crippen LogP contribution in [0.3, 0.4) is 0 Å². The van der Waals surface area contributed by atoms with E-state index >= 15 is 0 Å². The Balaban J connectivity index is 1.70. The monoisotopic (exact) mass is 309 g/mol. The van der Waals surface area contributed by atoms with E-state index in [-0.39, 0.29) is 18.6 Å². The van der Waals surface area contributed by atoms with Gasteiger partial charge in [0.15, 0.2) is 6.10 Å². The number of carbonyl (C=O) groups excluding carboxylic acids is 1. The van der Waals surface area contributed by atoms with Gasteiger partial charge in [-0.25, -0.2) is 0 Å². The summed E-state index contributed by atoms with van der Waals surface area (Å²) in [5.41, 5.74) is 0.417. The number of hydrogen-bond donors (Lipinski definition) is 3. The fourth-order valence-electron chi connectivity index (χ4n) is 3.98. The van der Waals surface area contributed by atoms with Crippen LogP contribution in [0.15, 0.2) is 24.3 Å². The summed E-state index contributed by atoms with van der Waals surface area (Å²) in [7, 11) is 0. The Morgan fingerprint density at radius 2 is 2.05 bits per heavy atom. The van der Waals surface area contributed by atoms with E-state index in [1.165, 1.54) is 0 Å². The Hall–Kier alpha value is -1.10. The molecule has 2 fully saturated rings. The van der Waals surface area contributed by atoms with Crippen LogP contribution in [-0.2, 0) is 4.79 Å². The molecule has 1 amide bonds. The van der Waals surface area contributed by atoms with Crippen molar-refractivity contribution in [2.45, 2.75) is 31.4 Å². The fraction of sp³-hybridized carbons (Fsp3) is 0.562. The molecule has 0 aromatic heterocycles. The number of hydrogen-bond acceptors (Lipinski definition) is 3. The van der Waals surface area contributed by atoms with Crippen molar-refractivity contribution in [1.82, 2.24) is 5.32 Å². The molecule has 2 aliphatic rings. The minimum absolute atomic E-state index is 0.0293. The van der Waals surface area contributed by atoms with E-state index in [2.05, 4.69) is 5.32 Å². The van der Waals surface area contributed by atoms with Crippen LogP contribution in [0.2, 0.25) is 5.02 Å². The second kappa shape index (κ2) is 5.95. The van der Waals surface area contributed by atoms with E-state index in [9.17, 15) is 15.0 Å². The van der Waals surface area contributed by atoms with Crippen LogP contribution in [-0.4, -0.2) is 28.8 Å². The molecule has 2 saturated carbocycles. The first-order valence-corrected chi connectivity index (χ1v) is 7.83. The van der Waals surface area contributed by atoms with Gasteiger partial charge in [0.05, 0.1) is 0 Å². The number of rotatable bonds is 4. The molecule has 2 bridgehead atoms. The van der Waals surface area contributed by atoms with Gasteiger partial charge in [-0.15, -0.1) is 0 Å². The minimum Gasteiger partial charge on any atom is -0.396 e. The van der Waals surface area contributed by atoms with E-state index < -0.39 is 12.0 Å². The van der Waals surface area contributed by atoms with E-state index in [1.54, 1.807) is 24.3 Å². The van der Waals surface area contributed by atoms with E-state index in [0.717, 1.165) is 19.3 Å². The quantitative estimate of drug-likeness (QED) is 0.795. The van der Waals surface area contributed by atoms with Gasteiger partial charge in [-0.3, -0.25) is 4.79 Å². The predicted octanol–water partition coefficient (Wildman–Crippen LogP) is 1.90. The van der Waals surface area contributed by atoms with Gasteiger partial charge in [-0.1, -0.05) is 29.8 Å². The highest BCUT2D eigenvalue weighted by molar-refractivity contribution is 6.31. The number of fused-ring (bicyclic) bond motifs is 2. The average Bonchev–Trinajstić information content (AvgIpc) is 3.08. The Kier molecular flexibility index (Phi) is 4.20. The summed E-state index contributed by atoms with van der Waals surface area (Å²) < 4.78 is 0. The summed E-state index contributed by atoms with van der Waals surface area (Å²) in [6, 6.07) is 6.77. The lowest BCUT2D eigenvalue weighted by Crippen LogP contribution is -2.46. The van der Waals surface area contributed by atoms with Gasteiger partial charge in [0.25, 0.3) is 5.91 Å². The van der Waals surface area contributed by atoms with Crippen LogP contribution in [0.5, 0.6) is 0 Å². The Bertz CT molecular complexity index is 536. The Morgan fingerprint density at radius 1 is 1.33 bits per heavy atom. The van der Waals surface area contributed by atoms with Crippen LogP contribution in [0.1, 0.15) is 30.9 Å². The molecule has 0 spiro atoms. The largest absolute Gasteiger partial charge is 0.396 e. The van der Waals surface area contributed by atoms with Crippen molar-refractivity contribution in [3.8, 4) is 0 Å². The molecule has 1 aromatic rings. The number of aliphatic hydroxyl groups excluding tert-OH is 2. The van der Waals surface area contributed by atoms with Crippen LogP contribution in [0.4, 0.5) is 0 Å². The lowest BCUT2D eigenvalue weighted by Gasteiger charge is -2.31. The molecule has 5 heteroatoms. The molecule has 4 nitrogen and oxygen atoms in total. The van der Waals surface area contributed by atoms with E-state index in [1.807, 2.05) is 0 Å². The van der Waals surface area contributed by atoms with Crippen LogP contribution < -0.4 is 5.32 Å². The van der Waals surface area contributed by atoms with Crippen LogP contribution in [0, 0.1) is 17.8 Å². The predicted molar refractivity (Wildman–Crippen MR) is 79.7 cm³/mol. The lowest BCUT2D eigenvalue weighted by atomic mass is 9.85. The molecule has 21 heavy (non-hydrogen) atoms.